The van der Waals surface area contributed by atoms with E-state index in [9.17, 15) is 14.0 Å². The number of hydrogen-bond acceptors (Lipinski definition) is 3. The summed E-state index contributed by atoms with van der Waals surface area (Å²) in [6, 6.07) is 12.8. The van der Waals surface area contributed by atoms with Crippen molar-refractivity contribution in [3.63, 3.8) is 0 Å². The predicted octanol–water partition coefficient (Wildman–Crippen LogP) is 3.73. The van der Waals surface area contributed by atoms with Gasteiger partial charge in [-0.2, -0.15) is 0 Å². The molecule has 140 valence electrons. The summed E-state index contributed by atoms with van der Waals surface area (Å²) in [5, 5.41) is 0.826. The van der Waals surface area contributed by atoms with Crippen molar-refractivity contribution in [2.24, 2.45) is 0 Å². The first-order chi connectivity index (χ1) is 12.9. The van der Waals surface area contributed by atoms with Crippen LogP contribution >= 0.6 is 0 Å². The minimum atomic E-state index is -0.576. The minimum Gasteiger partial charge on any atom is -0.497 e. The standard InChI is InChI=1S/C21H21FN2O3/c1-13(2)24(21(26)17-6-4-5-7-18(17)22)12-15-10-14-8-9-16(27-3)11-19(14)23-20(15)25/h4-11,13H,12H2,1-3H3,(H,23,25). The molecule has 0 aliphatic carbocycles. The number of pyridine rings is 1. The third-order valence-electron chi connectivity index (χ3n) is 4.46. The second-order valence-electron chi connectivity index (χ2n) is 6.58. The van der Waals surface area contributed by atoms with Gasteiger partial charge in [-0.3, -0.25) is 9.59 Å². The first-order valence-electron chi connectivity index (χ1n) is 8.66. The monoisotopic (exact) mass is 368 g/mol. The number of nitrogens with one attached hydrogen (secondary N) is 1. The van der Waals surface area contributed by atoms with Crippen LogP contribution in [0.5, 0.6) is 5.75 Å². The van der Waals surface area contributed by atoms with Crippen LogP contribution < -0.4 is 10.3 Å². The maximum Gasteiger partial charge on any atom is 0.257 e. The lowest BCUT2D eigenvalue weighted by Gasteiger charge is -2.27. The summed E-state index contributed by atoms with van der Waals surface area (Å²) in [4.78, 5) is 29.6. The molecule has 0 saturated carbocycles. The summed E-state index contributed by atoms with van der Waals surface area (Å²) < 4.78 is 19.2. The van der Waals surface area contributed by atoms with E-state index < -0.39 is 11.7 Å². The molecular formula is C21H21FN2O3. The van der Waals surface area contributed by atoms with E-state index in [1.807, 2.05) is 19.9 Å². The van der Waals surface area contributed by atoms with Gasteiger partial charge in [-0.05, 0) is 49.6 Å². The Morgan fingerprint density at radius 2 is 1.93 bits per heavy atom. The van der Waals surface area contributed by atoms with Gasteiger partial charge in [0.05, 0.1) is 24.7 Å². The molecule has 3 aromatic rings. The van der Waals surface area contributed by atoms with Crippen LogP contribution in [0.3, 0.4) is 0 Å². The normalized spacial score (nSPS) is 11.0. The number of aromatic amines is 1. The van der Waals surface area contributed by atoms with Crippen LogP contribution in [0.25, 0.3) is 10.9 Å². The van der Waals surface area contributed by atoms with E-state index in [0.717, 1.165) is 5.39 Å². The van der Waals surface area contributed by atoms with Crippen LogP contribution in [0.15, 0.2) is 53.3 Å². The van der Waals surface area contributed by atoms with Gasteiger partial charge >= 0.3 is 0 Å². The van der Waals surface area contributed by atoms with Crippen LogP contribution in [0.4, 0.5) is 4.39 Å². The number of fused-ring (bicyclic) bond motifs is 1. The van der Waals surface area contributed by atoms with Gasteiger partial charge in [0, 0.05) is 17.7 Å². The topological polar surface area (TPSA) is 62.4 Å². The summed E-state index contributed by atoms with van der Waals surface area (Å²) in [5.74, 6) is -0.380. The average Bonchev–Trinajstić information content (AvgIpc) is 2.65. The second kappa shape index (κ2) is 7.61. The third-order valence-corrected chi connectivity index (χ3v) is 4.46. The van der Waals surface area contributed by atoms with Crippen molar-refractivity contribution in [3.05, 3.63) is 75.8 Å². The van der Waals surface area contributed by atoms with Crippen molar-refractivity contribution in [1.29, 1.82) is 0 Å². The molecule has 0 radical (unpaired) electrons. The van der Waals surface area contributed by atoms with E-state index in [2.05, 4.69) is 4.98 Å². The Labute approximate surface area is 156 Å². The Kier molecular flexibility index (Phi) is 5.26. The van der Waals surface area contributed by atoms with Crippen LogP contribution in [-0.2, 0) is 6.54 Å². The van der Waals surface area contributed by atoms with E-state index in [-0.39, 0.29) is 23.7 Å². The number of ether oxygens (including phenoxy) is 1. The Bertz CT molecular complexity index is 1040. The Hall–Kier alpha value is -3.15. The highest BCUT2D eigenvalue weighted by Gasteiger charge is 2.22. The lowest BCUT2D eigenvalue weighted by atomic mass is 10.1. The highest BCUT2D eigenvalue weighted by Crippen LogP contribution is 2.20. The van der Waals surface area contributed by atoms with Crippen LogP contribution in [0.2, 0.25) is 0 Å². The van der Waals surface area contributed by atoms with Crippen molar-refractivity contribution in [2.45, 2.75) is 26.4 Å². The van der Waals surface area contributed by atoms with Gasteiger partial charge in [-0.25, -0.2) is 4.39 Å². The smallest absolute Gasteiger partial charge is 0.257 e. The average molecular weight is 368 g/mol. The molecule has 1 amide bonds. The summed E-state index contributed by atoms with van der Waals surface area (Å²) in [6.45, 7) is 3.75. The number of aromatic nitrogens is 1. The van der Waals surface area contributed by atoms with Crippen LogP contribution in [0.1, 0.15) is 29.8 Å². The molecule has 0 spiro atoms. The van der Waals surface area contributed by atoms with Gasteiger partial charge in [0.2, 0.25) is 0 Å². The summed E-state index contributed by atoms with van der Waals surface area (Å²) in [5.41, 5.74) is 0.793. The highest BCUT2D eigenvalue weighted by molar-refractivity contribution is 5.94. The number of nitrogens with zero attached hydrogens (tertiary/aromatic N) is 1. The maximum absolute atomic E-state index is 14.0. The molecule has 0 aliphatic rings. The number of benzene rings is 2. The Balaban J connectivity index is 1.97. The van der Waals surface area contributed by atoms with Crippen LogP contribution in [-0.4, -0.2) is 28.9 Å². The maximum atomic E-state index is 14.0. The zero-order chi connectivity index (χ0) is 19.6. The first kappa shape index (κ1) is 18.6. The molecule has 6 heteroatoms. The fraction of sp³-hybridized carbons (Fsp3) is 0.238. The Morgan fingerprint density at radius 3 is 2.59 bits per heavy atom. The minimum absolute atomic E-state index is 0.00634. The number of carbonyl (C=O) groups excluding carboxylic acids is 1. The molecule has 0 bridgehead atoms. The van der Waals surface area contributed by atoms with Gasteiger partial charge in [-0.1, -0.05) is 12.1 Å². The molecule has 0 aliphatic heterocycles. The first-order valence-corrected chi connectivity index (χ1v) is 8.66. The van der Waals surface area contributed by atoms with E-state index in [0.29, 0.717) is 16.8 Å². The highest BCUT2D eigenvalue weighted by atomic mass is 19.1. The zero-order valence-electron chi connectivity index (χ0n) is 15.5. The quantitative estimate of drug-likeness (QED) is 0.746. The molecule has 0 saturated heterocycles. The molecule has 3 rings (SSSR count). The van der Waals surface area contributed by atoms with Gasteiger partial charge < -0.3 is 14.6 Å². The number of rotatable bonds is 5. The third kappa shape index (κ3) is 3.84. The molecule has 0 unspecified atom stereocenters. The van der Waals surface area contributed by atoms with Crippen molar-refractivity contribution in [1.82, 2.24) is 9.88 Å². The van der Waals surface area contributed by atoms with Gasteiger partial charge in [0.15, 0.2) is 0 Å². The van der Waals surface area contributed by atoms with Crippen molar-refractivity contribution in [2.75, 3.05) is 7.11 Å². The fourth-order valence-corrected chi connectivity index (χ4v) is 2.93. The van der Waals surface area contributed by atoms with E-state index in [1.54, 1.807) is 31.4 Å². The number of methoxy groups -OCH3 is 1. The molecule has 1 N–H and O–H groups in total. The van der Waals surface area contributed by atoms with Crippen molar-refractivity contribution in [3.8, 4) is 5.75 Å². The number of hydrogen-bond donors (Lipinski definition) is 1. The number of H-pyrrole nitrogens is 1. The largest absolute Gasteiger partial charge is 0.497 e. The molecule has 27 heavy (non-hydrogen) atoms. The molecular weight excluding hydrogens is 347 g/mol. The molecule has 0 atom stereocenters. The van der Waals surface area contributed by atoms with Gasteiger partial charge in [0.1, 0.15) is 11.6 Å². The second-order valence-corrected chi connectivity index (χ2v) is 6.58. The SMILES string of the molecule is COc1ccc2cc(CN(C(=O)c3ccccc3F)C(C)C)c(=O)[nH]c2c1. The molecule has 0 fully saturated rings. The van der Waals surface area contributed by atoms with Crippen molar-refractivity contribution < 1.29 is 13.9 Å². The van der Waals surface area contributed by atoms with Crippen LogP contribution in [0, 0.1) is 5.82 Å². The van der Waals surface area contributed by atoms with Crippen molar-refractivity contribution >= 4 is 16.8 Å². The van der Waals surface area contributed by atoms with E-state index in [1.165, 1.54) is 23.1 Å². The van der Waals surface area contributed by atoms with Gasteiger partial charge in [-0.15, -0.1) is 0 Å². The predicted molar refractivity (Wildman–Crippen MR) is 103 cm³/mol. The molecule has 5 nitrogen and oxygen atoms in total. The fourth-order valence-electron chi connectivity index (χ4n) is 2.93. The summed E-state index contributed by atoms with van der Waals surface area (Å²) in [6.07, 6.45) is 0. The lowest BCUT2D eigenvalue weighted by molar-refractivity contribution is 0.0685. The summed E-state index contributed by atoms with van der Waals surface area (Å²) >= 11 is 0. The molecule has 1 aromatic heterocycles. The molecule has 1 heterocycles. The summed E-state index contributed by atoms with van der Waals surface area (Å²) in [7, 11) is 1.56. The zero-order valence-corrected chi connectivity index (χ0v) is 15.5. The Morgan fingerprint density at radius 1 is 1.19 bits per heavy atom. The molecule has 2 aromatic carbocycles. The lowest BCUT2D eigenvalue weighted by Crippen LogP contribution is -2.38. The van der Waals surface area contributed by atoms with E-state index in [4.69, 9.17) is 4.74 Å². The number of amides is 1. The number of carbonyl (C=O) groups is 1. The van der Waals surface area contributed by atoms with Gasteiger partial charge in [0.25, 0.3) is 11.5 Å². The van der Waals surface area contributed by atoms with E-state index >= 15 is 0 Å². The number of halogens is 1.